The topological polar surface area (TPSA) is 89.7 Å². The standard InChI is InChI=1S/C5H12N2O4S2/c1-7(2)4(8)11-5(12-3)13(6,9)10/h5H,1-3H3,(H2,6,9,10). The second-order valence-corrected chi connectivity index (χ2v) is 5.20. The minimum absolute atomic E-state index is 0.742. The summed E-state index contributed by atoms with van der Waals surface area (Å²) in [4.78, 5) is 12.0. The number of sulfonamides is 1. The van der Waals surface area contributed by atoms with Crippen molar-refractivity contribution in [2.45, 2.75) is 4.77 Å². The summed E-state index contributed by atoms with van der Waals surface area (Å²) in [7, 11) is -0.956. The molecule has 0 fully saturated rings. The SMILES string of the molecule is CSC(OC(=O)N(C)C)S(N)(=O)=O. The van der Waals surface area contributed by atoms with Crippen LogP contribution in [-0.4, -0.2) is 44.5 Å². The maximum absolute atomic E-state index is 10.9. The number of nitrogens with zero attached hydrogens (tertiary/aromatic N) is 1. The third-order valence-electron chi connectivity index (χ3n) is 1.02. The minimum atomic E-state index is -3.85. The van der Waals surface area contributed by atoms with Crippen molar-refractivity contribution in [2.75, 3.05) is 20.4 Å². The van der Waals surface area contributed by atoms with Crippen molar-refractivity contribution in [2.24, 2.45) is 5.14 Å². The number of carbonyl (C=O) groups is 1. The van der Waals surface area contributed by atoms with Crippen LogP contribution in [0.3, 0.4) is 0 Å². The Labute approximate surface area is 81.5 Å². The Bertz CT molecular complexity index is 274. The van der Waals surface area contributed by atoms with E-state index in [-0.39, 0.29) is 0 Å². The largest absolute Gasteiger partial charge is 0.418 e. The van der Waals surface area contributed by atoms with E-state index >= 15 is 0 Å². The molecule has 1 atom stereocenters. The predicted molar refractivity (Wildman–Crippen MR) is 50.6 cm³/mol. The number of carbonyl (C=O) groups excluding carboxylic acids is 1. The number of rotatable bonds is 3. The van der Waals surface area contributed by atoms with Crippen molar-refractivity contribution >= 4 is 27.9 Å². The molecule has 78 valence electrons. The first-order chi connectivity index (χ1) is 5.79. The van der Waals surface area contributed by atoms with Gasteiger partial charge in [-0.15, -0.1) is 11.8 Å². The number of ether oxygens (including phenoxy) is 1. The highest BCUT2D eigenvalue weighted by molar-refractivity contribution is 8.12. The summed E-state index contributed by atoms with van der Waals surface area (Å²) >= 11 is 0.840. The zero-order valence-electron chi connectivity index (χ0n) is 7.55. The van der Waals surface area contributed by atoms with Crippen LogP contribution in [0.1, 0.15) is 0 Å². The lowest BCUT2D eigenvalue weighted by atomic mass is 10.9. The molecule has 0 aromatic heterocycles. The molecule has 0 radical (unpaired) electrons. The van der Waals surface area contributed by atoms with Gasteiger partial charge in [-0.1, -0.05) is 0 Å². The van der Waals surface area contributed by atoms with E-state index in [2.05, 4.69) is 4.74 Å². The Morgan fingerprint density at radius 1 is 1.54 bits per heavy atom. The number of primary sulfonamides is 1. The van der Waals surface area contributed by atoms with Crippen molar-refractivity contribution in [3.05, 3.63) is 0 Å². The van der Waals surface area contributed by atoms with Gasteiger partial charge >= 0.3 is 6.09 Å². The van der Waals surface area contributed by atoms with E-state index in [1.54, 1.807) is 0 Å². The van der Waals surface area contributed by atoms with Gasteiger partial charge in [-0.3, -0.25) is 0 Å². The Morgan fingerprint density at radius 3 is 2.23 bits per heavy atom. The van der Waals surface area contributed by atoms with Crippen molar-refractivity contribution in [1.29, 1.82) is 0 Å². The van der Waals surface area contributed by atoms with Crippen LogP contribution in [0.4, 0.5) is 4.79 Å². The van der Waals surface area contributed by atoms with Gasteiger partial charge < -0.3 is 9.64 Å². The molecular formula is C5H12N2O4S2. The average Bonchev–Trinajstić information content (AvgIpc) is 1.96. The van der Waals surface area contributed by atoms with E-state index < -0.39 is 20.9 Å². The molecule has 0 aromatic carbocycles. The van der Waals surface area contributed by atoms with Gasteiger partial charge in [0.05, 0.1) is 0 Å². The molecule has 6 nitrogen and oxygen atoms in total. The molecule has 0 saturated carbocycles. The molecule has 2 N–H and O–H groups in total. The van der Waals surface area contributed by atoms with Crippen LogP contribution in [-0.2, 0) is 14.8 Å². The molecule has 8 heteroatoms. The second-order valence-electron chi connectivity index (χ2n) is 2.39. The summed E-state index contributed by atoms with van der Waals surface area (Å²) < 4.78 is 24.8. The van der Waals surface area contributed by atoms with E-state index in [0.717, 1.165) is 16.7 Å². The molecular weight excluding hydrogens is 216 g/mol. The van der Waals surface area contributed by atoms with E-state index in [4.69, 9.17) is 5.14 Å². The number of amides is 1. The first kappa shape index (κ1) is 12.5. The van der Waals surface area contributed by atoms with Crippen molar-refractivity contribution in [3.63, 3.8) is 0 Å². The summed E-state index contributed by atoms with van der Waals surface area (Å²) in [6, 6.07) is 0. The summed E-state index contributed by atoms with van der Waals surface area (Å²) in [6.07, 6.45) is 0.742. The lowest BCUT2D eigenvalue weighted by Gasteiger charge is -2.16. The van der Waals surface area contributed by atoms with Gasteiger partial charge in [-0.25, -0.2) is 18.4 Å². The Hall–Kier alpha value is -0.470. The van der Waals surface area contributed by atoms with Gasteiger partial charge in [0, 0.05) is 14.1 Å². The monoisotopic (exact) mass is 228 g/mol. The highest BCUT2D eigenvalue weighted by Crippen LogP contribution is 2.13. The molecule has 0 aliphatic rings. The van der Waals surface area contributed by atoms with Gasteiger partial charge in [0.1, 0.15) is 0 Å². The van der Waals surface area contributed by atoms with Crippen LogP contribution in [0.15, 0.2) is 0 Å². The maximum atomic E-state index is 10.9. The highest BCUT2D eigenvalue weighted by Gasteiger charge is 2.25. The molecule has 13 heavy (non-hydrogen) atoms. The molecule has 0 saturated heterocycles. The number of thioether (sulfide) groups is 1. The normalized spacial score (nSPS) is 13.5. The van der Waals surface area contributed by atoms with Gasteiger partial charge in [0.25, 0.3) is 14.8 Å². The number of nitrogens with two attached hydrogens (primary N) is 1. The van der Waals surface area contributed by atoms with Crippen LogP contribution < -0.4 is 5.14 Å². The molecule has 0 heterocycles. The van der Waals surface area contributed by atoms with Crippen molar-refractivity contribution in [3.8, 4) is 0 Å². The van der Waals surface area contributed by atoms with Gasteiger partial charge in [-0.2, -0.15) is 0 Å². The number of hydrogen-bond donors (Lipinski definition) is 1. The Kier molecular flexibility index (Phi) is 4.51. The fourth-order valence-electron chi connectivity index (χ4n) is 0.437. The van der Waals surface area contributed by atoms with Crippen molar-refractivity contribution < 1.29 is 17.9 Å². The van der Waals surface area contributed by atoms with E-state index in [0.29, 0.717) is 0 Å². The molecule has 0 aliphatic heterocycles. The zero-order valence-corrected chi connectivity index (χ0v) is 9.18. The van der Waals surface area contributed by atoms with Crippen LogP contribution in [0.25, 0.3) is 0 Å². The lowest BCUT2D eigenvalue weighted by molar-refractivity contribution is 0.127. The molecule has 1 unspecified atom stereocenters. The molecule has 0 aliphatic carbocycles. The quantitative estimate of drug-likeness (QED) is 0.665. The third kappa shape index (κ3) is 4.34. The minimum Gasteiger partial charge on any atom is -0.418 e. The highest BCUT2D eigenvalue weighted by atomic mass is 32.3. The second kappa shape index (κ2) is 4.68. The Balaban J connectivity index is 4.41. The average molecular weight is 228 g/mol. The van der Waals surface area contributed by atoms with E-state index in [9.17, 15) is 13.2 Å². The molecule has 1 amide bonds. The zero-order chi connectivity index (χ0) is 10.6. The molecule has 0 aromatic rings. The maximum Gasteiger partial charge on any atom is 0.411 e. The molecule has 0 spiro atoms. The van der Waals surface area contributed by atoms with E-state index in [1.807, 2.05) is 0 Å². The van der Waals surface area contributed by atoms with Crippen LogP contribution >= 0.6 is 11.8 Å². The third-order valence-corrected chi connectivity index (χ3v) is 3.52. The van der Waals surface area contributed by atoms with Crippen LogP contribution in [0, 0.1) is 0 Å². The van der Waals surface area contributed by atoms with Crippen LogP contribution in [0.5, 0.6) is 0 Å². The first-order valence-electron chi connectivity index (χ1n) is 3.21. The summed E-state index contributed by atoms with van der Waals surface area (Å²) in [5.74, 6) is 0. The van der Waals surface area contributed by atoms with Gasteiger partial charge in [-0.05, 0) is 6.26 Å². The number of hydrogen-bond acceptors (Lipinski definition) is 5. The summed E-state index contributed by atoms with van der Waals surface area (Å²) in [5.41, 5.74) is 0. The fourth-order valence-corrected chi connectivity index (χ4v) is 1.90. The fraction of sp³-hybridized carbons (Fsp3) is 0.800. The van der Waals surface area contributed by atoms with Gasteiger partial charge in [0.2, 0.25) is 0 Å². The summed E-state index contributed by atoms with van der Waals surface area (Å²) in [5, 5.41) is 4.79. The lowest BCUT2D eigenvalue weighted by Crippen LogP contribution is -2.34. The predicted octanol–water partition coefficient (Wildman–Crippen LogP) is -0.380. The van der Waals surface area contributed by atoms with E-state index in [1.165, 1.54) is 20.4 Å². The van der Waals surface area contributed by atoms with Crippen molar-refractivity contribution in [1.82, 2.24) is 4.90 Å². The molecule has 0 bridgehead atoms. The van der Waals surface area contributed by atoms with Crippen LogP contribution in [0.2, 0.25) is 0 Å². The smallest absolute Gasteiger partial charge is 0.411 e. The van der Waals surface area contributed by atoms with Gasteiger partial charge in [0.15, 0.2) is 0 Å². The molecule has 0 rings (SSSR count). The first-order valence-corrected chi connectivity index (χ1v) is 6.11. The summed E-state index contributed by atoms with van der Waals surface area (Å²) in [6.45, 7) is 0. The Morgan fingerprint density at radius 2 is 2.00 bits per heavy atom.